The van der Waals surface area contributed by atoms with Gasteiger partial charge in [-0.3, -0.25) is 0 Å². The minimum atomic E-state index is -4.82. The molecule has 0 amide bonds. The number of benzene rings is 1. The van der Waals surface area contributed by atoms with Crippen LogP contribution >= 0.6 is 0 Å². The SMILES string of the molecule is CCNc1cc(C(F)F)nc2ccc(OC(F)(F)F)cc12. The Balaban J connectivity index is 2.54. The van der Waals surface area contributed by atoms with E-state index in [0.29, 0.717) is 6.54 Å². The van der Waals surface area contributed by atoms with Crippen LogP contribution in [0.2, 0.25) is 0 Å². The van der Waals surface area contributed by atoms with E-state index in [4.69, 9.17) is 0 Å². The monoisotopic (exact) mass is 306 g/mol. The predicted octanol–water partition coefficient (Wildman–Crippen LogP) is 4.50. The number of hydrogen-bond acceptors (Lipinski definition) is 3. The fraction of sp³-hybridized carbons (Fsp3) is 0.308. The first-order valence-corrected chi connectivity index (χ1v) is 6.02. The van der Waals surface area contributed by atoms with Crippen LogP contribution in [0.25, 0.3) is 10.9 Å². The standard InChI is InChI=1S/C13H11F5N2O/c1-2-19-10-6-11(12(14)15)20-9-4-3-7(5-8(9)10)21-13(16,17)18/h3-6,12H,2H2,1H3,(H,19,20). The van der Waals surface area contributed by atoms with Crippen molar-refractivity contribution in [2.24, 2.45) is 0 Å². The molecule has 2 rings (SSSR count). The Bertz CT molecular complexity index is 642. The lowest BCUT2D eigenvalue weighted by molar-refractivity contribution is -0.274. The van der Waals surface area contributed by atoms with Crippen molar-refractivity contribution in [3.05, 3.63) is 30.0 Å². The molecule has 0 atom stereocenters. The minimum Gasteiger partial charge on any atom is -0.406 e. The maximum atomic E-state index is 12.8. The van der Waals surface area contributed by atoms with Gasteiger partial charge in [-0.15, -0.1) is 13.2 Å². The summed E-state index contributed by atoms with van der Waals surface area (Å²) in [5.41, 5.74) is 0.00615. The number of nitrogens with one attached hydrogen (secondary N) is 1. The number of halogens is 5. The van der Waals surface area contributed by atoms with Gasteiger partial charge in [0, 0.05) is 17.6 Å². The highest BCUT2D eigenvalue weighted by molar-refractivity contribution is 5.92. The molecule has 2 aromatic rings. The van der Waals surface area contributed by atoms with Gasteiger partial charge in [0.1, 0.15) is 11.4 Å². The molecule has 0 bridgehead atoms. The molecule has 1 heterocycles. The quantitative estimate of drug-likeness (QED) is 0.844. The Labute approximate surface area is 116 Å². The molecular weight excluding hydrogens is 295 g/mol. The van der Waals surface area contributed by atoms with Crippen LogP contribution < -0.4 is 10.1 Å². The predicted molar refractivity (Wildman–Crippen MR) is 67.5 cm³/mol. The zero-order chi connectivity index (χ0) is 15.6. The van der Waals surface area contributed by atoms with E-state index < -0.39 is 24.2 Å². The second-order valence-electron chi connectivity index (χ2n) is 4.15. The number of hydrogen-bond donors (Lipinski definition) is 1. The van der Waals surface area contributed by atoms with Crippen LogP contribution in [0.4, 0.5) is 27.6 Å². The fourth-order valence-corrected chi connectivity index (χ4v) is 1.87. The maximum Gasteiger partial charge on any atom is 0.573 e. The largest absolute Gasteiger partial charge is 0.573 e. The van der Waals surface area contributed by atoms with Gasteiger partial charge in [0.15, 0.2) is 0 Å². The molecule has 0 aliphatic rings. The molecule has 8 heteroatoms. The summed E-state index contributed by atoms with van der Waals surface area (Å²) in [5.74, 6) is -0.430. The molecule has 0 saturated carbocycles. The Morgan fingerprint density at radius 1 is 1.24 bits per heavy atom. The second kappa shape index (κ2) is 5.71. The highest BCUT2D eigenvalue weighted by atomic mass is 19.4. The number of fused-ring (bicyclic) bond motifs is 1. The summed E-state index contributed by atoms with van der Waals surface area (Å²) in [4.78, 5) is 3.73. The summed E-state index contributed by atoms with van der Waals surface area (Å²) in [7, 11) is 0. The summed E-state index contributed by atoms with van der Waals surface area (Å²) < 4.78 is 65.9. The molecular formula is C13H11F5N2O. The summed E-state index contributed by atoms with van der Waals surface area (Å²) >= 11 is 0. The molecule has 1 N–H and O–H groups in total. The van der Waals surface area contributed by atoms with Crippen molar-refractivity contribution in [1.29, 1.82) is 0 Å². The van der Waals surface area contributed by atoms with E-state index in [0.717, 1.165) is 18.2 Å². The van der Waals surface area contributed by atoms with E-state index in [2.05, 4.69) is 15.0 Å². The van der Waals surface area contributed by atoms with E-state index in [1.54, 1.807) is 6.92 Å². The van der Waals surface area contributed by atoms with Crippen LogP contribution in [0.15, 0.2) is 24.3 Å². The van der Waals surface area contributed by atoms with Crippen molar-refractivity contribution in [2.75, 3.05) is 11.9 Å². The lowest BCUT2D eigenvalue weighted by Gasteiger charge is -2.13. The highest BCUT2D eigenvalue weighted by Gasteiger charge is 2.31. The summed E-state index contributed by atoms with van der Waals surface area (Å²) in [5, 5.41) is 3.11. The molecule has 0 saturated heterocycles. The summed E-state index contributed by atoms with van der Waals surface area (Å²) in [6, 6.07) is 4.48. The van der Waals surface area contributed by atoms with Crippen LogP contribution in [0.1, 0.15) is 19.0 Å². The molecule has 0 aliphatic heterocycles. The number of nitrogens with zero attached hydrogens (tertiary/aromatic N) is 1. The van der Waals surface area contributed by atoms with Gasteiger partial charge in [-0.25, -0.2) is 13.8 Å². The van der Waals surface area contributed by atoms with Gasteiger partial charge in [-0.05, 0) is 31.2 Å². The molecule has 1 aromatic heterocycles. The first-order valence-electron chi connectivity index (χ1n) is 6.02. The highest BCUT2D eigenvalue weighted by Crippen LogP contribution is 2.32. The Hall–Kier alpha value is -2.12. The maximum absolute atomic E-state index is 12.8. The minimum absolute atomic E-state index is 0.165. The van der Waals surface area contributed by atoms with Gasteiger partial charge in [0.2, 0.25) is 0 Å². The molecule has 0 radical (unpaired) electrons. The Kier molecular flexibility index (Phi) is 4.15. The van der Waals surface area contributed by atoms with E-state index in [1.165, 1.54) is 6.07 Å². The molecule has 21 heavy (non-hydrogen) atoms. The first kappa shape index (κ1) is 15.3. The first-order chi connectivity index (χ1) is 9.80. The van der Waals surface area contributed by atoms with Crippen molar-refractivity contribution in [3.8, 4) is 5.75 Å². The van der Waals surface area contributed by atoms with E-state index >= 15 is 0 Å². The third kappa shape index (κ3) is 3.71. The van der Waals surface area contributed by atoms with Crippen LogP contribution in [0.5, 0.6) is 5.75 Å². The number of ether oxygens (including phenoxy) is 1. The Morgan fingerprint density at radius 2 is 1.95 bits per heavy atom. The lowest BCUT2D eigenvalue weighted by atomic mass is 10.1. The van der Waals surface area contributed by atoms with Crippen molar-refractivity contribution >= 4 is 16.6 Å². The van der Waals surface area contributed by atoms with Crippen LogP contribution in [-0.4, -0.2) is 17.9 Å². The van der Waals surface area contributed by atoms with Gasteiger partial charge < -0.3 is 10.1 Å². The van der Waals surface area contributed by atoms with Crippen molar-refractivity contribution in [2.45, 2.75) is 19.7 Å². The van der Waals surface area contributed by atoms with Crippen LogP contribution in [-0.2, 0) is 0 Å². The molecule has 1 aromatic carbocycles. The molecule has 0 spiro atoms. The molecule has 114 valence electrons. The molecule has 0 fully saturated rings. The average molecular weight is 306 g/mol. The van der Waals surface area contributed by atoms with E-state index in [-0.39, 0.29) is 16.6 Å². The molecule has 0 unspecified atom stereocenters. The number of pyridine rings is 1. The number of anilines is 1. The van der Waals surface area contributed by atoms with Crippen molar-refractivity contribution in [3.63, 3.8) is 0 Å². The zero-order valence-electron chi connectivity index (χ0n) is 10.8. The number of alkyl halides is 5. The molecule has 3 nitrogen and oxygen atoms in total. The third-order valence-electron chi connectivity index (χ3n) is 2.62. The van der Waals surface area contributed by atoms with Crippen LogP contribution in [0, 0.1) is 0 Å². The van der Waals surface area contributed by atoms with Gasteiger partial charge >= 0.3 is 6.36 Å². The van der Waals surface area contributed by atoms with Gasteiger partial charge in [0.25, 0.3) is 6.43 Å². The van der Waals surface area contributed by atoms with Gasteiger partial charge in [0.05, 0.1) is 5.52 Å². The van der Waals surface area contributed by atoms with Gasteiger partial charge in [-0.2, -0.15) is 0 Å². The average Bonchev–Trinajstić information content (AvgIpc) is 2.37. The Morgan fingerprint density at radius 3 is 2.52 bits per heavy atom. The zero-order valence-corrected chi connectivity index (χ0v) is 10.8. The van der Waals surface area contributed by atoms with Crippen LogP contribution in [0.3, 0.4) is 0 Å². The summed E-state index contributed by atoms with van der Waals surface area (Å²) in [6.07, 6.45) is -7.58. The van der Waals surface area contributed by atoms with E-state index in [9.17, 15) is 22.0 Å². The summed E-state index contributed by atoms with van der Waals surface area (Å²) in [6.45, 7) is 2.16. The normalized spacial score (nSPS) is 12.0. The third-order valence-corrected chi connectivity index (χ3v) is 2.62. The second-order valence-corrected chi connectivity index (χ2v) is 4.15. The smallest absolute Gasteiger partial charge is 0.406 e. The van der Waals surface area contributed by atoms with Crippen molar-refractivity contribution in [1.82, 2.24) is 4.98 Å². The lowest BCUT2D eigenvalue weighted by Crippen LogP contribution is -2.17. The fourth-order valence-electron chi connectivity index (χ4n) is 1.87. The van der Waals surface area contributed by atoms with Crippen molar-refractivity contribution < 1.29 is 26.7 Å². The van der Waals surface area contributed by atoms with E-state index in [1.807, 2.05) is 0 Å². The molecule has 0 aliphatic carbocycles. The number of rotatable bonds is 4. The van der Waals surface area contributed by atoms with Gasteiger partial charge in [-0.1, -0.05) is 0 Å². The topological polar surface area (TPSA) is 34.2 Å². The number of aromatic nitrogens is 1.